The van der Waals surface area contributed by atoms with Gasteiger partial charge in [0.25, 0.3) is 0 Å². The lowest BCUT2D eigenvalue weighted by atomic mass is 10.3. The Bertz CT molecular complexity index is 538. The van der Waals surface area contributed by atoms with Gasteiger partial charge in [-0.05, 0) is 0 Å². The van der Waals surface area contributed by atoms with Crippen LogP contribution < -0.4 is 10.6 Å². The van der Waals surface area contributed by atoms with E-state index in [9.17, 15) is 0 Å². The summed E-state index contributed by atoms with van der Waals surface area (Å²) in [5.41, 5.74) is 6.19. The predicted molar refractivity (Wildman–Crippen MR) is 59.6 cm³/mol. The predicted octanol–water partition coefficient (Wildman–Crippen LogP) is 0.285. The highest BCUT2D eigenvalue weighted by atomic mass is 15.2. The molecule has 0 saturated carbocycles. The van der Waals surface area contributed by atoms with E-state index in [2.05, 4.69) is 26.2 Å². The Kier molecular flexibility index (Phi) is 2.55. The van der Waals surface area contributed by atoms with Gasteiger partial charge in [-0.25, -0.2) is 0 Å². The van der Waals surface area contributed by atoms with Gasteiger partial charge in [0.1, 0.15) is 5.82 Å². The van der Waals surface area contributed by atoms with Crippen LogP contribution in [0.4, 0.5) is 11.8 Å². The Morgan fingerprint density at radius 2 is 2.38 bits per heavy atom. The third kappa shape index (κ3) is 1.72. The van der Waals surface area contributed by atoms with Crippen LogP contribution >= 0.6 is 0 Å². The second-order valence-electron chi connectivity index (χ2n) is 3.37. The van der Waals surface area contributed by atoms with Gasteiger partial charge in [-0.2, -0.15) is 20.3 Å². The summed E-state index contributed by atoms with van der Waals surface area (Å²) in [5.74, 6) is 0.877. The minimum atomic E-state index is 0.190. The van der Waals surface area contributed by atoms with Crippen molar-refractivity contribution < 1.29 is 0 Å². The lowest BCUT2D eigenvalue weighted by molar-refractivity contribution is 0.889. The van der Waals surface area contributed by atoms with E-state index in [0.29, 0.717) is 24.4 Å². The second kappa shape index (κ2) is 4.02. The zero-order valence-corrected chi connectivity index (χ0v) is 8.80. The van der Waals surface area contributed by atoms with Gasteiger partial charge in [-0.15, -0.1) is 0 Å². The van der Waals surface area contributed by atoms with E-state index in [1.54, 1.807) is 6.20 Å². The fourth-order valence-electron chi connectivity index (χ4n) is 1.45. The molecule has 7 nitrogen and oxygen atoms in total. The van der Waals surface area contributed by atoms with Gasteiger partial charge >= 0.3 is 0 Å². The fourth-order valence-corrected chi connectivity index (χ4v) is 1.45. The van der Waals surface area contributed by atoms with Gasteiger partial charge in [-0.3, -0.25) is 5.10 Å². The summed E-state index contributed by atoms with van der Waals surface area (Å²) in [6, 6.07) is 2.09. The van der Waals surface area contributed by atoms with Crippen molar-refractivity contribution in [2.24, 2.45) is 0 Å². The molecule has 0 aliphatic heterocycles. The summed E-state index contributed by atoms with van der Waals surface area (Å²) in [6.07, 6.45) is 2.08. The number of nitrogens with two attached hydrogens (primary N) is 1. The number of fused-ring (bicyclic) bond motifs is 1. The Morgan fingerprint density at radius 3 is 3.12 bits per heavy atom. The largest absolute Gasteiger partial charge is 0.368 e. The van der Waals surface area contributed by atoms with E-state index in [-0.39, 0.29) is 5.95 Å². The first kappa shape index (κ1) is 10.2. The maximum absolute atomic E-state index is 8.54. The van der Waals surface area contributed by atoms with Crippen LogP contribution in [0.5, 0.6) is 0 Å². The fraction of sp³-hybridized carbons (Fsp3) is 0.333. The molecule has 2 rings (SSSR count). The molecule has 0 spiro atoms. The van der Waals surface area contributed by atoms with Crippen molar-refractivity contribution in [1.29, 1.82) is 5.26 Å². The first-order valence-corrected chi connectivity index (χ1v) is 4.77. The number of aromatic nitrogens is 4. The zero-order chi connectivity index (χ0) is 11.5. The van der Waals surface area contributed by atoms with Crippen molar-refractivity contribution in [2.45, 2.75) is 6.42 Å². The highest BCUT2D eigenvalue weighted by Gasteiger charge is 2.11. The number of nitrogens with zero attached hydrogens (tertiary/aromatic N) is 5. The molecule has 0 atom stereocenters. The van der Waals surface area contributed by atoms with Crippen molar-refractivity contribution in [3.8, 4) is 6.07 Å². The average molecular weight is 217 g/mol. The van der Waals surface area contributed by atoms with E-state index in [4.69, 9.17) is 11.0 Å². The van der Waals surface area contributed by atoms with Gasteiger partial charge in [0.2, 0.25) is 5.95 Å². The van der Waals surface area contributed by atoms with Crippen LogP contribution in [0.15, 0.2) is 6.20 Å². The Morgan fingerprint density at radius 1 is 1.56 bits per heavy atom. The summed E-state index contributed by atoms with van der Waals surface area (Å²) in [7, 11) is 1.85. The lowest BCUT2D eigenvalue weighted by Gasteiger charge is -2.16. The van der Waals surface area contributed by atoms with Crippen LogP contribution in [0.1, 0.15) is 6.42 Å². The molecule has 0 bridgehead atoms. The Labute approximate surface area is 91.9 Å². The van der Waals surface area contributed by atoms with Gasteiger partial charge in [0.05, 0.1) is 24.1 Å². The minimum Gasteiger partial charge on any atom is -0.368 e. The molecule has 7 heteroatoms. The van der Waals surface area contributed by atoms with E-state index in [0.717, 1.165) is 5.39 Å². The maximum atomic E-state index is 8.54. The smallest absolute Gasteiger partial charge is 0.224 e. The number of nitrogens with one attached hydrogen (secondary N) is 1. The summed E-state index contributed by atoms with van der Waals surface area (Å²) in [6.45, 7) is 0.591. The molecule has 0 aliphatic carbocycles. The van der Waals surface area contributed by atoms with Crippen LogP contribution in [-0.2, 0) is 0 Å². The van der Waals surface area contributed by atoms with Crippen molar-refractivity contribution in [1.82, 2.24) is 20.2 Å². The van der Waals surface area contributed by atoms with Crippen LogP contribution in [0.25, 0.3) is 11.0 Å². The minimum absolute atomic E-state index is 0.190. The normalized spacial score (nSPS) is 10.2. The van der Waals surface area contributed by atoms with Crippen molar-refractivity contribution in [3.05, 3.63) is 6.20 Å². The lowest BCUT2D eigenvalue weighted by Crippen LogP contribution is -2.20. The van der Waals surface area contributed by atoms with Crippen LogP contribution in [-0.4, -0.2) is 33.8 Å². The second-order valence-corrected chi connectivity index (χ2v) is 3.37. The summed E-state index contributed by atoms with van der Waals surface area (Å²) >= 11 is 0. The summed E-state index contributed by atoms with van der Waals surface area (Å²) in [4.78, 5) is 10.0. The SMILES string of the molecule is CN(CCC#N)c1nc(N)nc2[nH]ncc12. The quantitative estimate of drug-likeness (QED) is 0.764. The number of rotatable bonds is 3. The number of nitrogen functional groups attached to an aromatic ring is 1. The van der Waals surface area contributed by atoms with E-state index >= 15 is 0 Å². The number of nitriles is 1. The van der Waals surface area contributed by atoms with Gasteiger partial charge < -0.3 is 10.6 Å². The molecule has 0 radical (unpaired) electrons. The number of hydrogen-bond acceptors (Lipinski definition) is 6. The molecule has 2 aromatic rings. The average Bonchev–Trinajstić information content (AvgIpc) is 2.72. The van der Waals surface area contributed by atoms with Crippen LogP contribution in [0.2, 0.25) is 0 Å². The standard InChI is InChI=1S/C9H11N7/c1-16(4-2-3-10)8-6-5-12-15-7(6)13-9(11)14-8/h5H,2,4H2,1H3,(H3,11,12,13,14,15). The highest BCUT2D eigenvalue weighted by Crippen LogP contribution is 2.21. The molecule has 0 saturated heterocycles. The monoisotopic (exact) mass is 217 g/mol. The maximum Gasteiger partial charge on any atom is 0.224 e. The summed E-state index contributed by atoms with van der Waals surface area (Å²) < 4.78 is 0. The molecule has 16 heavy (non-hydrogen) atoms. The number of aromatic amines is 1. The number of anilines is 2. The first-order chi connectivity index (χ1) is 7.72. The third-order valence-electron chi connectivity index (χ3n) is 2.23. The molecule has 2 aromatic heterocycles. The highest BCUT2D eigenvalue weighted by molar-refractivity contribution is 5.87. The van der Waals surface area contributed by atoms with Crippen LogP contribution in [0.3, 0.4) is 0 Å². The Hall–Kier alpha value is -2.36. The molecule has 2 heterocycles. The number of hydrogen-bond donors (Lipinski definition) is 2. The molecule has 0 aliphatic rings. The van der Waals surface area contributed by atoms with Gasteiger partial charge in [0, 0.05) is 13.6 Å². The molecule has 3 N–H and O–H groups in total. The zero-order valence-electron chi connectivity index (χ0n) is 8.80. The molecular weight excluding hydrogens is 206 g/mol. The topological polar surface area (TPSA) is 108 Å². The molecule has 0 amide bonds. The molecular formula is C9H11N7. The molecule has 0 aromatic carbocycles. The number of H-pyrrole nitrogens is 1. The van der Waals surface area contributed by atoms with Gasteiger partial charge in [-0.1, -0.05) is 0 Å². The van der Waals surface area contributed by atoms with E-state index in [1.807, 2.05) is 11.9 Å². The van der Waals surface area contributed by atoms with Crippen molar-refractivity contribution in [3.63, 3.8) is 0 Å². The molecule has 0 fully saturated rings. The molecule has 82 valence electrons. The van der Waals surface area contributed by atoms with E-state index in [1.165, 1.54) is 0 Å². The van der Waals surface area contributed by atoms with Crippen molar-refractivity contribution in [2.75, 3.05) is 24.2 Å². The van der Waals surface area contributed by atoms with Gasteiger partial charge in [0.15, 0.2) is 5.65 Å². The summed E-state index contributed by atoms with van der Waals surface area (Å²) in [5, 5.41) is 16.0. The van der Waals surface area contributed by atoms with E-state index < -0.39 is 0 Å². The Balaban J connectivity index is 2.42. The first-order valence-electron chi connectivity index (χ1n) is 4.77. The molecule has 0 unspecified atom stereocenters. The van der Waals surface area contributed by atoms with Crippen LogP contribution in [0, 0.1) is 11.3 Å². The third-order valence-corrected chi connectivity index (χ3v) is 2.23. The van der Waals surface area contributed by atoms with Crippen molar-refractivity contribution >= 4 is 22.8 Å².